The van der Waals surface area contributed by atoms with Crippen molar-refractivity contribution in [3.8, 4) is 22.3 Å². The Balaban J connectivity index is 1.48. The van der Waals surface area contributed by atoms with Gasteiger partial charge in [-0.2, -0.15) is 0 Å². The van der Waals surface area contributed by atoms with E-state index in [9.17, 15) is 0 Å². The van der Waals surface area contributed by atoms with Crippen molar-refractivity contribution in [1.29, 1.82) is 0 Å². The fourth-order valence-corrected chi connectivity index (χ4v) is 5.34. The average Bonchev–Trinajstić information content (AvgIpc) is 3.31. The van der Waals surface area contributed by atoms with E-state index in [0.717, 1.165) is 12.8 Å². The van der Waals surface area contributed by atoms with Gasteiger partial charge in [-0.15, -0.1) is 0 Å². The molecule has 0 saturated heterocycles. The fraction of sp³-hybridized carbons (Fsp3) is 0.143. The van der Waals surface area contributed by atoms with Crippen molar-refractivity contribution in [2.24, 2.45) is 0 Å². The van der Waals surface area contributed by atoms with E-state index in [1.165, 1.54) is 55.6 Å². The molecule has 4 aromatic rings. The Morgan fingerprint density at radius 1 is 0.500 bits per heavy atom. The summed E-state index contributed by atoms with van der Waals surface area (Å²) in [6.45, 7) is 2.39. The summed E-state index contributed by atoms with van der Waals surface area (Å²) in [6.07, 6.45) is 2.11. The van der Waals surface area contributed by atoms with E-state index in [0.29, 0.717) is 5.92 Å². The summed E-state index contributed by atoms with van der Waals surface area (Å²) >= 11 is 0. The summed E-state index contributed by atoms with van der Waals surface area (Å²) < 4.78 is 0. The van der Waals surface area contributed by atoms with Crippen molar-refractivity contribution in [3.63, 3.8) is 0 Å². The summed E-state index contributed by atoms with van der Waals surface area (Å²) in [5, 5.41) is 0. The van der Waals surface area contributed by atoms with E-state index in [-0.39, 0.29) is 0 Å². The van der Waals surface area contributed by atoms with Crippen LogP contribution in [0.25, 0.3) is 22.3 Å². The maximum Gasteiger partial charge on any atom is 0.00671 e. The van der Waals surface area contributed by atoms with Gasteiger partial charge >= 0.3 is 0 Å². The molecule has 0 amide bonds. The van der Waals surface area contributed by atoms with E-state index in [1.54, 1.807) is 0 Å². The van der Waals surface area contributed by atoms with E-state index in [1.807, 2.05) is 0 Å². The third-order valence-electron chi connectivity index (χ3n) is 6.71. The van der Waals surface area contributed by atoms with Crippen molar-refractivity contribution in [3.05, 3.63) is 118 Å². The third kappa shape index (κ3) is 2.18. The molecule has 0 heterocycles. The molecular formula is C28H22. The molecule has 0 heteroatoms. The van der Waals surface area contributed by atoms with Crippen molar-refractivity contribution in [2.45, 2.75) is 25.7 Å². The molecule has 6 rings (SSSR count). The molecule has 2 aliphatic rings. The fourth-order valence-electron chi connectivity index (χ4n) is 5.34. The van der Waals surface area contributed by atoms with Gasteiger partial charge in [0, 0.05) is 5.92 Å². The highest BCUT2D eigenvalue weighted by atomic mass is 14.3. The molecule has 0 spiro atoms. The van der Waals surface area contributed by atoms with Crippen molar-refractivity contribution < 1.29 is 0 Å². The summed E-state index contributed by atoms with van der Waals surface area (Å²) in [4.78, 5) is 0. The molecule has 0 atom stereocenters. The summed E-state index contributed by atoms with van der Waals surface area (Å²) in [6, 6.07) is 31.5. The van der Waals surface area contributed by atoms with Crippen molar-refractivity contribution >= 4 is 0 Å². The summed E-state index contributed by atoms with van der Waals surface area (Å²) in [5.74, 6) is 0.397. The number of benzene rings is 4. The zero-order valence-electron chi connectivity index (χ0n) is 16.1. The van der Waals surface area contributed by atoms with Crippen LogP contribution in [0.1, 0.15) is 46.2 Å². The lowest BCUT2D eigenvalue weighted by Gasteiger charge is -2.20. The first kappa shape index (κ1) is 15.9. The largest absolute Gasteiger partial charge is 0.0619 e. The Hall–Kier alpha value is -3.12. The Bertz CT molecular complexity index is 1130. The maximum absolute atomic E-state index is 2.39. The monoisotopic (exact) mass is 358 g/mol. The minimum absolute atomic E-state index is 0.397. The summed E-state index contributed by atoms with van der Waals surface area (Å²) in [5.41, 5.74) is 14.6. The van der Waals surface area contributed by atoms with Crippen LogP contribution in [0.4, 0.5) is 0 Å². The van der Waals surface area contributed by atoms with Crippen LogP contribution in [0.3, 0.4) is 0 Å². The molecule has 134 valence electrons. The van der Waals surface area contributed by atoms with Gasteiger partial charge in [0.15, 0.2) is 0 Å². The zero-order chi connectivity index (χ0) is 18.7. The average molecular weight is 358 g/mol. The highest BCUT2D eigenvalue weighted by molar-refractivity contribution is 5.80. The van der Waals surface area contributed by atoms with Crippen LogP contribution < -0.4 is 0 Å². The molecule has 0 aromatic heterocycles. The van der Waals surface area contributed by atoms with Crippen LogP contribution in [0.15, 0.2) is 84.9 Å². The third-order valence-corrected chi connectivity index (χ3v) is 6.71. The topological polar surface area (TPSA) is 0 Å². The highest BCUT2D eigenvalue weighted by Gasteiger charge is 2.27. The maximum atomic E-state index is 2.39. The molecule has 0 nitrogen and oxygen atoms in total. The zero-order valence-corrected chi connectivity index (χ0v) is 16.1. The van der Waals surface area contributed by atoms with E-state index in [4.69, 9.17) is 0 Å². The van der Waals surface area contributed by atoms with Gasteiger partial charge in [0.25, 0.3) is 0 Å². The first-order valence-electron chi connectivity index (χ1n) is 10.2. The summed E-state index contributed by atoms with van der Waals surface area (Å²) in [7, 11) is 0. The van der Waals surface area contributed by atoms with E-state index < -0.39 is 0 Å². The molecule has 0 saturated carbocycles. The molecule has 0 fully saturated rings. The Morgan fingerprint density at radius 3 is 1.43 bits per heavy atom. The van der Waals surface area contributed by atoms with Crippen molar-refractivity contribution in [1.82, 2.24) is 0 Å². The second-order valence-electron chi connectivity index (χ2n) is 8.14. The Labute approximate surface area is 166 Å². The molecule has 0 bridgehead atoms. The molecule has 0 aliphatic heterocycles. The molecule has 0 unspecified atom stereocenters. The highest BCUT2D eigenvalue weighted by Crippen LogP contribution is 2.45. The smallest absolute Gasteiger partial charge is 0.00671 e. The Kier molecular flexibility index (Phi) is 3.37. The minimum Gasteiger partial charge on any atom is -0.0619 e. The number of hydrogen-bond donors (Lipinski definition) is 0. The van der Waals surface area contributed by atoms with Crippen LogP contribution in [-0.2, 0) is 12.8 Å². The SMILES string of the molecule is CC(c1cccc2c1Cc1ccccc1-2)c1cccc2c1Cc1ccccc1-2. The molecule has 0 N–H and O–H groups in total. The van der Waals surface area contributed by atoms with E-state index in [2.05, 4.69) is 91.9 Å². The van der Waals surface area contributed by atoms with Crippen LogP contribution in [0, 0.1) is 0 Å². The van der Waals surface area contributed by atoms with Gasteiger partial charge < -0.3 is 0 Å². The molecule has 0 radical (unpaired) electrons. The predicted molar refractivity (Wildman–Crippen MR) is 117 cm³/mol. The second kappa shape index (κ2) is 5.94. The van der Waals surface area contributed by atoms with Crippen LogP contribution in [-0.4, -0.2) is 0 Å². The lowest BCUT2D eigenvalue weighted by Crippen LogP contribution is -2.04. The second-order valence-corrected chi connectivity index (χ2v) is 8.14. The molecule has 2 aliphatic carbocycles. The predicted octanol–water partition coefficient (Wildman–Crippen LogP) is 6.98. The van der Waals surface area contributed by atoms with Gasteiger partial charge in [-0.3, -0.25) is 0 Å². The number of rotatable bonds is 2. The van der Waals surface area contributed by atoms with Crippen LogP contribution in [0.2, 0.25) is 0 Å². The van der Waals surface area contributed by atoms with Gasteiger partial charge in [-0.1, -0.05) is 91.9 Å². The van der Waals surface area contributed by atoms with Crippen LogP contribution in [0.5, 0.6) is 0 Å². The quantitative estimate of drug-likeness (QED) is 0.313. The standard InChI is InChI=1S/C28H22/c1-18(21-12-6-14-25-23-10-4-2-8-19(23)16-27(21)25)22-13-7-15-26-24-11-5-3-9-20(24)17-28(22)26/h2-15,18H,16-17H2,1H3. The normalized spacial score (nSPS) is 13.2. The minimum atomic E-state index is 0.397. The Morgan fingerprint density at radius 2 is 0.929 bits per heavy atom. The number of fused-ring (bicyclic) bond motifs is 6. The van der Waals surface area contributed by atoms with Gasteiger partial charge in [0.2, 0.25) is 0 Å². The van der Waals surface area contributed by atoms with Gasteiger partial charge in [-0.25, -0.2) is 0 Å². The van der Waals surface area contributed by atoms with Crippen molar-refractivity contribution in [2.75, 3.05) is 0 Å². The van der Waals surface area contributed by atoms with Gasteiger partial charge in [0.05, 0.1) is 0 Å². The number of hydrogen-bond acceptors (Lipinski definition) is 0. The lowest BCUT2D eigenvalue weighted by atomic mass is 9.84. The molecule has 4 aromatic carbocycles. The lowest BCUT2D eigenvalue weighted by molar-refractivity contribution is 0.889. The van der Waals surface area contributed by atoms with Gasteiger partial charge in [-0.05, 0) is 68.5 Å². The van der Waals surface area contributed by atoms with Crippen LogP contribution >= 0.6 is 0 Å². The first-order valence-corrected chi connectivity index (χ1v) is 10.2. The molecule has 28 heavy (non-hydrogen) atoms. The molecular weight excluding hydrogens is 336 g/mol. The first-order chi connectivity index (χ1) is 13.8. The van der Waals surface area contributed by atoms with Gasteiger partial charge in [0.1, 0.15) is 0 Å². The van der Waals surface area contributed by atoms with E-state index >= 15 is 0 Å².